The minimum Gasteiger partial charge on any atom is -0.399 e. The van der Waals surface area contributed by atoms with Gasteiger partial charge in [-0.3, -0.25) is 9.59 Å². The first-order valence-electron chi connectivity index (χ1n) is 5.84. The van der Waals surface area contributed by atoms with E-state index in [-0.39, 0.29) is 18.4 Å². The standard InChI is InChI=1S/C13H15N3O2S/c1-7(4-12(15)17)16-13(18)11-6-8-5-9(14)2-3-10(8)19-11/h2-3,5-7H,4,14H2,1H3,(H2,15,17)(H,16,18). The number of carbonyl (C=O) groups excluding carboxylic acids is 2. The number of amides is 2. The Balaban J connectivity index is 2.15. The Bertz CT molecular complexity index is 636. The lowest BCUT2D eigenvalue weighted by Crippen LogP contribution is -2.35. The number of benzene rings is 1. The fraction of sp³-hybridized carbons (Fsp3) is 0.231. The van der Waals surface area contributed by atoms with Gasteiger partial charge in [0.1, 0.15) is 0 Å². The first kappa shape index (κ1) is 13.4. The highest BCUT2D eigenvalue weighted by Crippen LogP contribution is 2.27. The number of hydrogen-bond acceptors (Lipinski definition) is 4. The Labute approximate surface area is 114 Å². The highest BCUT2D eigenvalue weighted by molar-refractivity contribution is 7.20. The number of fused-ring (bicyclic) bond motifs is 1. The van der Waals surface area contributed by atoms with Crippen LogP contribution in [0.5, 0.6) is 0 Å². The van der Waals surface area contributed by atoms with Crippen molar-refractivity contribution in [3.05, 3.63) is 29.1 Å². The molecule has 1 atom stereocenters. The van der Waals surface area contributed by atoms with E-state index in [4.69, 9.17) is 11.5 Å². The summed E-state index contributed by atoms with van der Waals surface area (Å²) in [5.41, 5.74) is 11.4. The van der Waals surface area contributed by atoms with Gasteiger partial charge in [0.05, 0.1) is 4.88 Å². The summed E-state index contributed by atoms with van der Waals surface area (Å²) in [6, 6.07) is 7.04. The molecule has 0 radical (unpaired) electrons. The summed E-state index contributed by atoms with van der Waals surface area (Å²) < 4.78 is 1.00. The van der Waals surface area contributed by atoms with Gasteiger partial charge >= 0.3 is 0 Å². The van der Waals surface area contributed by atoms with E-state index in [0.717, 1.165) is 10.1 Å². The predicted octanol–water partition coefficient (Wildman–Crippen LogP) is 1.48. The van der Waals surface area contributed by atoms with Gasteiger partial charge in [-0.05, 0) is 36.6 Å². The quantitative estimate of drug-likeness (QED) is 0.738. The van der Waals surface area contributed by atoms with Crippen LogP contribution in [0.15, 0.2) is 24.3 Å². The second kappa shape index (κ2) is 5.27. The van der Waals surface area contributed by atoms with Crippen LogP contribution in [0.1, 0.15) is 23.0 Å². The van der Waals surface area contributed by atoms with E-state index >= 15 is 0 Å². The average Bonchev–Trinajstić information content (AvgIpc) is 2.70. The number of nitrogens with two attached hydrogens (primary N) is 2. The topological polar surface area (TPSA) is 98.2 Å². The third-order valence-electron chi connectivity index (χ3n) is 2.65. The summed E-state index contributed by atoms with van der Waals surface area (Å²) in [6.45, 7) is 1.74. The number of hydrogen-bond donors (Lipinski definition) is 3. The Morgan fingerprint density at radius 3 is 2.79 bits per heavy atom. The van der Waals surface area contributed by atoms with Crippen LogP contribution in [0, 0.1) is 0 Å². The summed E-state index contributed by atoms with van der Waals surface area (Å²) in [5, 5.41) is 3.68. The molecule has 0 aliphatic heterocycles. The lowest BCUT2D eigenvalue weighted by atomic mass is 10.2. The van der Waals surface area contributed by atoms with Crippen LogP contribution in [0.4, 0.5) is 5.69 Å². The summed E-state index contributed by atoms with van der Waals surface area (Å²) >= 11 is 1.39. The Hall–Kier alpha value is -2.08. The first-order chi connectivity index (χ1) is 8.95. The van der Waals surface area contributed by atoms with Crippen molar-refractivity contribution in [2.75, 3.05) is 5.73 Å². The number of thiophene rings is 1. The molecule has 1 aromatic carbocycles. The van der Waals surface area contributed by atoms with Crippen LogP contribution in [0.3, 0.4) is 0 Å². The molecule has 0 aliphatic rings. The largest absolute Gasteiger partial charge is 0.399 e. The molecule has 2 aromatic rings. The van der Waals surface area contributed by atoms with E-state index in [9.17, 15) is 9.59 Å². The van der Waals surface area contributed by atoms with Gasteiger partial charge < -0.3 is 16.8 Å². The van der Waals surface area contributed by atoms with Crippen LogP contribution in [-0.4, -0.2) is 17.9 Å². The number of carbonyl (C=O) groups is 2. The average molecular weight is 277 g/mol. The van der Waals surface area contributed by atoms with Crippen molar-refractivity contribution < 1.29 is 9.59 Å². The smallest absolute Gasteiger partial charge is 0.261 e. The molecule has 0 spiro atoms. The van der Waals surface area contributed by atoms with Gasteiger partial charge in [-0.25, -0.2) is 0 Å². The van der Waals surface area contributed by atoms with Gasteiger partial charge in [0.25, 0.3) is 5.91 Å². The van der Waals surface area contributed by atoms with Crippen molar-refractivity contribution in [3.8, 4) is 0 Å². The molecule has 0 bridgehead atoms. The molecule has 1 aromatic heterocycles. The van der Waals surface area contributed by atoms with E-state index in [1.54, 1.807) is 19.1 Å². The molecule has 2 rings (SSSR count). The van der Waals surface area contributed by atoms with Crippen LogP contribution in [-0.2, 0) is 4.79 Å². The maximum Gasteiger partial charge on any atom is 0.261 e. The maximum atomic E-state index is 12.0. The van der Waals surface area contributed by atoms with E-state index in [1.165, 1.54) is 11.3 Å². The summed E-state index contributed by atoms with van der Waals surface area (Å²) in [5.74, 6) is -0.634. The van der Waals surface area contributed by atoms with E-state index < -0.39 is 5.91 Å². The molecule has 1 unspecified atom stereocenters. The van der Waals surface area contributed by atoms with Gasteiger partial charge in [-0.1, -0.05) is 0 Å². The van der Waals surface area contributed by atoms with Crippen molar-refractivity contribution in [1.82, 2.24) is 5.32 Å². The van der Waals surface area contributed by atoms with Crippen molar-refractivity contribution in [3.63, 3.8) is 0 Å². The van der Waals surface area contributed by atoms with E-state index in [2.05, 4.69) is 5.32 Å². The second-order valence-corrected chi connectivity index (χ2v) is 5.54. The minimum absolute atomic E-state index is 0.129. The predicted molar refractivity (Wildman–Crippen MR) is 77.0 cm³/mol. The fourth-order valence-corrected chi connectivity index (χ4v) is 2.77. The van der Waals surface area contributed by atoms with E-state index in [1.807, 2.05) is 12.1 Å². The van der Waals surface area contributed by atoms with Gasteiger partial charge in [0, 0.05) is 22.8 Å². The summed E-state index contributed by atoms with van der Waals surface area (Å²) in [7, 11) is 0. The first-order valence-corrected chi connectivity index (χ1v) is 6.65. The van der Waals surface area contributed by atoms with Gasteiger partial charge in [0.2, 0.25) is 5.91 Å². The molecule has 5 nitrogen and oxygen atoms in total. The minimum atomic E-state index is -0.433. The molecule has 0 fully saturated rings. The monoisotopic (exact) mass is 277 g/mol. The number of nitrogens with one attached hydrogen (secondary N) is 1. The highest BCUT2D eigenvalue weighted by atomic mass is 32.1. The fourth-order valence-electron chi connectivity index (χ4n) is 1.82. The third-order valence-corrected chi connectivity index (χ3v) is 3.76. The molecule has 2 amide bonds. The van der Waals surface area contributed by atoms with Crippen LogP contribution in [0.2, 0.25) is 0 Å². The third kappa shape index (κ3) is 3.23. The molecule has 0 saturated carbocycles. The Kier molecular flexibility index (Phi) is 3.71. The molecule has 19 heavy (non-hydrogen) atoms. The highest BCUT2D eigenvalue weighted by Gasteiger charge is 2.14. The summed E-state index contributed by atoms with van der Waals surface area (Å²) in [6.07, 6.45) is 0.129. The molecule has 5 N–H and O–H groups in total. The van der Waals surface area contributed by atoms with Crippen molar-refractivity contribution in [2.24, 2.45) is 5.73 Å². The number of rotatable bonds is 4. The molecule has 1 heterocycles. The molecule has 0 saturated heterocycles. The number of nitrogen functional groups attached to an aromatic ring is 1. The second-order valence-electron chi connectivity index (χ2n) is 4.45. The van der Waals surface area contributed by atoms with Crippen molar-refractivity contribution in [1.29, 1.82) is 0 Å². The Morgan fingerprint density at radius 2 is 2.11 bits per heavy atom. The van der Waals surface area contributed by atoms with Gasteiger partial charge in [-0.2, -0.15) is 0 Å². The van der Waals surface area contributed by atoms with Crippen molar-refractivity contribution in [2.45, 2.75) is 19.4 Å². The normalized spacial score (nSPS) is 12.3. The Morgan fingerprint density at radius 1 is 1.37 bits per heavy atom. The zero-order valence-corrected chi connectivity index (χ0v) is 11.3. The van der Waals surface area contributed by atoms with Gasteiger partial charge in [0.15, 0.2) is 0 Å². The van der Waals surface area contributed by atoms with Gasteiger partial charge in [-0.15, -0.1) is 11.3 Å². The van der Waals surface area contributed by atoms with Crippen molar-refractivity contribution >= 4 is 38.9 Å². The number of primary amides is 1. The zero-order chi connectivity index (χ0) is 14.0. The SMILES string of the molecule is CC(CC(N)=O)NC(=O)c1cc2cc(N)ccc2s1. The number of anilines is 1. The van der Waals surface area contributed by atoms with E-state index in [0.29, 0.717) is 10.6 Å². The molecule has 100 valence electrons. The zero-order valence-electron chi connectivity index (χ0n) is 10.5. The van der Waals surface area contributed by atoms with Crippen LogP contribution >= 0.6 is 11.3 Å². The maximum absolute atomic E-state index is 12.0. The lowest BCUT2D eigenvalue weighted by molar-refractivity contribution is -0.118. The molecular formula is C13H15N3O2S. The summed E-state index contributed by atoms with van der Waals surface area (Å²) in [4.78, 5) is 23.4. The van der Waals surface area contributed by atoms with Crippen LogP contribution in [0.25, 0.3) is 10.1 Å². The van der Waals surface area contributed by atoms with Crippen LogP contribution < -0.4 is 16.8 Å². The molecule has 0 aliphatic carbocycles. The lowest BCUT2D eigenvalue weighted by Gasteiger charge is -2.10. The molecule has 6 heteroatoms. The molecular weight excluding hydrogens is 262 g/mol.